The maximum atomic E-state index is 14.0. The first-order valence-corrected chi connectivity index (χ1v) is 8.52. The van der Waals surface area contributed by atoms with Gasteiger partial charge in [-0.3, -0.25) is 23.7 Å². The van der Waals surface area contributed by atoms with E-state index in [1.807, 2.05) is 24.3 Å². The molecule has 0 radical (unpaired) electrons. The number of para-hydroxylation sites is 1. The fraction of sp³-hybridized carbons (Fsp3) is 0.0455. The zero-order valence-electron chi connectivity index (χ0n) is 14.9. The van der Waals surface area contributed by atoms with Gasteiger partial charge in [0.25, 0.3) is 0 Å². The van der Waals surface area contributed by atoms with Crippen molar-refractivity contribution in [1.82, 2.24) is 15.0 Å². The van der Waals surface area contributed by atoms with Crippen molar-refractivity contribution in [3.8, 4) is 28.4 Å². The minimum Gasteiger partial charge on any atom is -0.508 e. The number of aromatic nitrogens is 3. The molecule has 148 valence electrons. The Hall–Kier alpha value is -2.98. The molecule has 2 aromatic carbocycles. The molecule has 0 bridgehead atoms. The van der Waals surface area contributed by atoms with E-state index in [0.29, 0.717) is 17.8 Å². The summed E-state index contributed by atoms with van der Waals surface area (Å²) in [5, 5.41) is 9.95. The number of nitrogens with zero attached hydrogens (tertiary/aromatic N) is 3. The number of rotatable bonds is 4. The zero-order valence-corrected chi connectivity index (χ0v) is 17.2. The number of benzene rings is 2. The van der Waals surface area contributed by atoms with Crippen LogP contribution < -0.4 is 0 Å². The standard InChI is InChI=1S/C22H14F2N3O.Pt/c23-15-8-9-17(18(24)11-15)20-12-25-13-21(27-20)19-6-3-5-16(26-19)10-14-4-1-2-7-22(14)28;/h1-8,11-13,28H,10H2;/q-1;. The van der Waals surface area contributed by atoms with Gasteiger partial charge in [0.05, 0.1) is 17.6 Å². The predicted octanol–water partition coefficient (Wildman–Crippen LogP) is 4.58. The van der Waals surface area contributed by atoms with Crippen LogP contribution in [0.4, 0.5) is 8.78 Å². The van der Waals surface area contributed by atoms with Crippen molar-refractivity contribution in [2.45, 2.75) is 6.42 Å². The van der Waals surface area contributed by atoms with E-state index in [0.717, 1.165) is 23.4 Å². The molecule has 4 rings (SSSR count). The topological polar surface area (TPSA) is 58.9 Å². The second-order valence-electron chi connectivity index (χ2n) is 6.15. The Morgan fingerprint density at radius 3 is 2.48 bits per heavy atom. The molecule has 0 aliphatic rings. The molecule has 0 spiro atoms. The Morgan fingerprint density at radius 2 is 1.69 bits per heavy atom. The quantitative estimate of drug-likeness (QED) is 0.366. The first-order chi connectivity index (χ1) is 13.6. The first kappa shape index (κ1) is 20.7. The number of pyridine rings is 1. The van der Waals surface area contributed by atoms with Crippen LogP contribution in [-0.4, -0.2) is 20.1 Å². The minimum absolute atomic E-state index is 0. The summed E-state index contributed by atoms with van der Waals surface area (Å²) >= 11 is 0. The summed E-state index contributed by atoms with van der Waals surface area (Å²) in [6, 6.07) is 16.9. The molecule has 0 amide bonds. The summed E-state index contributed by atoms with van der Waals surface area (Å²) in [4.78, 5) is 13.1. The number of phenols is 1. The van der Waals surface area contributed by atoms with E-state index < -0.39 is 11.6 Å². The van der Waals surface area contributed by atoms with Crippen molar-refractivity contribution < 1.29 is 35.0 Å². The zero-order chi connectivity index (χ0) is 19.5. The van der Waals surface area contributed by atoms with E-state index in [-0.39, 0.29) is 38.1 Å². The third kappa shape index (κ3) is 4.72. The molecule has 0 saturated heterocycles. The summed E-state index contributed by atoms with van der Waals surface area (Å²) in [7, 11) is 0. The molecule has 0 unspecified atom stereocenters. The van der Waals surface area contributed by atoms with Crippen LogP contribution in [0.1, 0.15) is 11.3 Å². The molecular weight excluding hydrogens is 555 g/mol. The Bertz CT molecular complexity index is 1150. The van der Waals surface area contributed by atoms with Gasteiger partial charge in [-0.05, 0) is 23.8 Å². The van der Waals surface area contributed by atoms with Crippen LogP contribution >= 0.6 is 0 Å². The van der Waals surface area contributed by atoms with Crippen molar-refractivity contribution >= 4 is 0 Å². The maximum Gasteiger partial charge on any atom is 0.119 e. The van der Waals surface area contributed by atoms with Crippen molar-refractivity contribution in [1.29, 1.82) is 0 Å². The first-order valence-electron chi connectivity index (χ1n) is 8.52. The van der Waals surface area contributed by atoms with Gasteiger partial charge in [0, 0.05) is 56.7 Å². The minimum atomic E-state index is -0.757. The van der Waals surface area contributed by atoms with E-state index in [1.165, 1.54) is 12.4 Å². The molecule has 1 N–H and O–H groups in total. The van der Waals surface area contributed by atoms with Crippen LogP contribution in [0.3, 0.4) is 0 Å². The van der Waals surface area contributed by atoms with Crippen LogP contribution in [0.5, 0.6) is 5.75 Å². The average molecular weight is 569 g/mol. The summed E-state index contributed by atoms with van der Waals surface area (Å²) in [6.07, 6.45) is 3.37. The summed E-state index contributed by atoms with van der Waals surface area (Å²) in [6.45, 7) is 0. The van der Waals surface area contributed by atoms with E-state index in [2.05, 4.69) is 21.0 Å². The molecule has 2 aromatic heterocycles. The number of halogens is 2. The van der Waals surface area contributed by atoms with Gasteiger partial charge in [-0.1, -0.05) is 35.9 Å². The molecule has 0 aliphatic heterocycles. The molecule has 0 fully saturated rings. The summed E-state index contributed by atoms with van der Waals surface area (Å²) < 4.78 is 27.2. The Labute approximate surface area is 180 Å². The largest absolute Gasteiger partial charge is 0.508 e. The monoisotopic (exact) mass is 569 g/mol. The number of phenolic OH excluding ortho intramolecular Hbond substituents is 1. The predicted molar refractivity (Wildman–Crippen MR) is 100 cm³/mol. The van der Waals surface area contributed by atoms with Crippen LogP contribution in [0.2, 0.25) is 0 Å². The van der Waals surface area contributed by atoms with Gasteiger partial charge in [0.1, 0.15) is 5.75 Å². The SMILES string of the molecule is Oc1ccccc1Cc1cccc(-c2cncc(-c3[c-]cc(F)cc3F)n2)n1.[Pt]. The van der Waals surface area contributed by atoms with Crippen LogP contribution in [0.25, 0.3) is 22.6 Å². The van der Waals surface area contributed by atoms with Gasteiger partial charge in [-0.2, -0.15) is 0 Å². The van der Waals surface area contributed by atoms with Crippen molar-refractivity contribution in [2.75, 3.05) is 0 Å². The van der Waals surface area contributed by atoms with Gasteiger partial charge in [-0.25, -0.2) is 0 Å². The average Bonchev–Trinajstić information content (AvgIpc) is 2.70. The fourth-order valence-electron chi connectivity index (χ4n) is 2.83. The Morgan fingerprint density at radius 1 is 0.897 bits per heavy atom. The number of hydrogen-bond donors (Lipinski definition) is 1. The molecule has 0 atom stereocenters. The second-order valence-corrected chi connectivity index (χ2v) is 6.15. The Balaban J connectivity index is 0.00000240. The fourth-order valence-corrected chi connectivity index (χ4v) is 2.83. The normalized spacial score (nSPS) is 10.4. The van der Waals surface area contributed by atoms with Crippen LogP contribution in [0, 0.1) is 17.7 Å². The van der Waals surface area contributed by atoms with E-state index in [4.69, 9.17) is 0 Å². The van der Waals surface area contributed by atoms with Gasteiger partial charge >= 0.3 is 0 Å². The second kappa shape index (κ2) is 9.01. The number of hydrogen-bond acceptors (Lipinski definition) is 4. The molecular formula is C22H14F2N3OPt-. The van der Waals surface area contributed by atoms with Crippen LogP contribution in [0.15, 0.2) is 67.0 Å². The molecule has 0 saturated carbocycles. The summed E-state index contributed by atoms with van der Waals surface area (Å²) in [5.74, 6) is -1.25. The summed E-state index contributed by atoms with van der Waals surface area (Å²) in [5.41, 5.74) is 2.79. The van der Waals surface area contributed by atoms with E-state index >= 15 is 0 Å². The van der Waals surface area contributed by atoms with E-state index in [9.17, 15) is 13.9 Å². The van der Waals surface area contributed by atoms with Gasteiger partial charge in [0.2, 0.25) is 0 Å². The molecule has 0 aliphatic carbocycles. The third-order valence-electron chi connectivity index (χ3n) is 4.18. The van der Waals surface area contributed by atoms with Crippen molar-refractivity contribution in [3.05, 3.63) is 95.9 Å². The van der Waals surface area contributed by atoms with Gasteiger partial charge < -0.3 is 5.11 Å². The Kier molecular flexibility index (Phi) is 6.45. The maximum absolute atomic E-state index is 14.0. The van der Waals surface area contributed by atoms with Gasteiger partial charge in [0.15, 0.2) is 0 Å². The van der Waals surface area contributed by atoms with Gasteiger partial charge in [-0.15, -0.1) is 12.1 Å². The molecule has 29 heavy (non-hydrogen) atoms. The third-order valence-corrected chi connectivity index (χ3v) is 4.18. The molecule has 4 aromatic rings. The van der Waals surface area contributed by atoms with E-state index in [1.54, 1.807) is 18.2 Å². The smallest absolute Gasteiger partial charge is 0.119 e. The molecule has 2 heterocycles. The molecule has 7 heteroatoms. The van der Waals surface area contributed by atoms with Crippen molar-refractivity contribution in [2.24, 2.45) is 0 Å². The molecule has 4 nitrogen and oxygen atoms in total. The number of aromatic hydroxyl groups is 1. The van der Waals surface area contributed by atoms with Crippen molar-refractivity contribution in [3.63, 3.8) is 0 Å². The van der Waals surface area contributed by atoms with Crippen LogP contribution in [-0.2, 0) is 27.5 Å².